The second-order valence-electron chi connectivity index (χ2n) is 5.88. The van der Waals surface area contributed by atoms with Crippen LogP contribution < -0.4 is 16.4 Å². The van der Waals surface area contributed by atoms with Gasteiger partial charge in [0, 0.05) is 33.1 Å². The van der Waals surface area contributed by atoms with Crippen LogP contribution >= 0.6 is 0 Å². The molecule has 0 saturated carbocycles. The molecular formula is C17H24N4O3. The van der Waals surface area contributed by atoms with Crippen molar-refractivity contribution in [2.24, 2.45) is 11.7 Å². The molecule has 0 aliphatic carbocycles. The van der Waals surface area contributed by atoms with E-state index in [0.717, 1.165) is 12.8 Å². The summed E-state index contributed by atoms with van der Waals surface area (Å²) in [5, 5.41) is 5.52. The molecule has 0 spiro atoms. The van der Waals surface area contributed by atoms with E-state index in [-0.39, 0.29) is 23.6 Å². The molecule has 1 aliphatic rings. The van der Waals surface area contributed by atoms with Crippen LogP contribution in [0.3, 0.4) is 0 Å². The molecule has 4 N–H and O–H groups in total. The molecule has 1 unspecified atom stereocenters. The van der Waals surface area contributed by atoms with Gasteiger partial charge in [0.25, 0.3) is 5.91 Å². The van der Waals surface area contributed by atoms with Crippen LogP contribution in [0.1, 0.15) is 30.1 Å². The van der Waals surface area contributed by atoms with E-state index < -0.39 is 0 Å². The van der Waals surface area contributed by atoms with Gasteiger partial charge in [-0.3, -0.25) is 14.4 Å². The Hall–Kier alpha value is -2.41. The Bertz CT molecular complexity index is 618. The van der Waals surface area contributed by atoms with Crippen molar-refractivity contribution in [1.82, 2.24) is 10.2 Å². The van der Waals surface area contributed by atoms with E-state index >= 15 is 0 Å². The van der Waals surface area contributed by atoms with E-state index in [4.69, 9.17) is 5.73 Å². The largest absolute Gasteiger partial charge is 0.351 e. The normalized spacial score (nSPS) is 17.2. The van der Waals surface area contributed by atoms with Crippen LogP contribution in [0.4, 0.5) is 5.69 Å². The van der Waals surface area contributed by atoms with Crippen molar-refractivity contribution in [3.8, 4) is 0 Å². The molecule has 1 heterocycles. The number of carbonyl (C=O) groups is 3. The number of hydrogen-bond acceptors (Lipinski definition) is 4. The fourth-order valence-electron chi connectivity index (χ4n) is 2.78. The predicted octanol–water partition coefficient (Wildman–Crippen LogP) is 0.572. The summed E-state index contributed by atoms with van der Waals surface area (Å²) >= 11 is 0. The zero-order valence-electron chi connectivity index (χ0n) is 13.9. The maximum Gasteiger partial charge on any atom is 0.253 e. The van der Waals surface area contributed by atoms with E-state index in [1.165, 1.54) is 6.92 Å². The van der Waals surface area contributed by atoms with Gasteiger partial charge in [0.15, 0.2) is 0 Å². The van der Waals surface area contributed by atoms with Crippen molar-refractivity contribution in [2.75, 3.05) is 31.5 Å². The summed E-state index contributed by atoms with van der Waals surface area (Å²) in [5.41, 5.74) is 6.26. The number of rotatable bonds is 5. The molecule has 3 amide bonds. The first-order valence-corrected chi connectivity index (χ1v) is 8.16. The average molecular weight is 332 g/mol. The van der Waals surface area contributed by atoms with Gasteiger partial charge in [0.05, 0.1) is 17.2 Å². The van der Waals surface area contributed by atoms with Gasteiger partial charge in [-0.1, -0.05) is 12.1 Å². The Morgan fingerprint density at radius 2 is 2.04 bits per heavy atom. The van der Waals surface area contributed by atoms with Gasteiger partial charge < -0.3 is 21.3 Å². The van der Waals surface area contributed by atoms with Crippen molar-refractivity contribution in [3.63, 3.8) is 0 Å². The summed E-state index contributed by atoms with van der Waals surface area (Å²) in [6, 6.07) is 6.86. The highest BCUT2D eigenvalue weighted by Gasteiger charge is 2.27. The number of amides is 3. The number of nitrogens with zero attached hydrogens (tertiary/aromatic N) is 1. The SMILES string of the molecule is CC(=O)N1CCCC(C(=O)Nc2ccccc2C(=O)NCCN)C1. The van der Waals surface area contributed by atoms with Crippen molar-refractivity contribution in [3.05, 3.63) is 29.8 Å². The number of anilines is 1. The van der Waals surface area contributed by atoms with Gasteiger partial charge in [0.1, 0.15) is 0 Å². The minimum Gasteiger partial charge on any atom is -0.351 e. The van der Waals surface area contributed by atoms with Crippen molar-refractivity contribution < 1.29 is 14.4 Å². The molecule has 1 aromatic carbocycles. The summed E-state index contributed by atoms with van der Waals surface area (Å²) in [7, 11) is 0. The fourth-order valence-corrected chi connectivity index (χ4v) is 2.78. The zero-order valence-corrected chi connectivity index (χ0v) is 13.9. The summed E-state index contributed by atoms with van der Waals surface area (Å²) < 4.78 is 0. The van der Waals surface area contributed by atoms with E-state index in [1.807, 2.05) is 0 Å². The topological polar surface area (TPSA) is 105 Å². The highest BCUT2D eigenvalue weighted by molar-refractivity contribution is 6.04. The molecule has 0 aromatic heterocycles. The summed E-state index contributed by atoms with van der Waals surface area (Å²) in [4.78, 5) is 37.9. The summed E-state index contributed by atoms with van der Waals surface area (Å²) in [5.74, 6) is -0.720. The van der Waals surface area contributed by atoms with Crippen molar-refractivity contribution in [1.29, 1.82) is 0 Å². The molecule has 7 nitrogen and oxygen atoms in total. The Labute approximate surface area is 141 Å². The van der Waals surface area contributed by atoms with Gasteiger partial charge in [-0.15, -0.1) is 0 Å². The second-order valence-corrected chi connectivity index (χ2v) is 5.88. The highest BCUT2D eigenvalue weighted by Crippen LogP contribution is 2.21. The van der Waals surface area contributed by atoms with E-state index in [1.54, 1.807) is 29.2 Å². The standard InChI is InChI=1S/C17H24N4O3/c1-12(22)21-10-4-5-13(11-21)16(23)20-15-7-3-2-6-14(15)17(24)19-9-8-18/h2-3,6-7,13H,4-5,8-11,18H2,1H3,(H,19,24)(H,20,23). The van der Waals surface area contributed by atoms with Gasteiger partial charge in [-0.05, 0) is 25.0 Å². The lowest BCUT2D eigenvalue weighted by atomic mass is 9.96. The van der Waals surface area contributed by atoms with Crippen LogP contribution in [0, 0.1) is 5.92 Å². The molecule has 1 atom stereocenters. The Balaban J connectivity index is 2.06. The maximum atomic E-state index is 12.5. The van der Waals surface area contributed by atoms with Gasteiger partial charge in [0.2, 0.25) is 11.8 Å². The molecule has 7 heteroatoms. The van der Waals surface area contributed by atoms with Gasteiger partial charge in [-0.2, -0.15) is 0 Å². The molecule has 0 bridgehead atoms. The molecule has 24 heavy (non-hydrogen) atoms. The molecule has 1 aliphatic heterocycles. The van der Waals surface area contributed by atoms with Gasteiger partial charge in [-0.25, -0.2) is 0 Å². The fraction of sp³-hybridized carbons (Fsp3) is 0.471. The van der Waals surface area contributed by atoms with Crippen LogP contribution in [0.2, 0.25) is 0 Å². The van der Waals surface area contributed by atoms with Crippen LogP contribution in [0.15, 0.2) is 24.3 Å². The lowest BCUT2D eigenvalue weighted by molar-refractivity contribution is -0.132. The van der Waals surface area contributed by atoms with Crippen molar-refractivity contribution >= 4 is 23.4 Å². The van der Waals surface area contributed by atoms with Crippen molar-refractivity contribution in [2.45, 2.75) is 19.8 Å². The third-order valence-electron chi connectivity index (χ3n) is 4.10. The number of likely N-dealkylation sites (tertiary alicyclic amines) is 1. The minimum atomic E-state index is -0.273. The number of benzene rings is 1. The summed E-state index contributed by atoms with van der Waals surface area (Å²) in [6.07, 6.45) is 1.54. The molecule has 130 valence electrons. The van der Waals surface area contributed by atoms with Crippen LogP contribution in [-0.4, -0.2) is 48.8 Å². The average Bonchev–Trinajstić information content (AvgIpc) is 2.60. The third-order valence-corrected chi connectivity index (χ3v) is 4.10. The Morgan fingerprint density at radius 1 is 1.29 bits per heavy atom. The number of para-hydroxylation sites is 1. The molecule has 1 fully saturated rings. The number of hydrogen-bond donors (Lipinski definition) is 3. The minimum absolute atomic E-state index is 0.0194. The van der Waals surface area contributed by atoms with E-state index in [9.17, 15) is 14.4 Å². The Morgan fingerprint density at radius 3 is 2.75 bits per heavy atom. The lowest BCUT2D eigenvalue weighted by Crippen LogP contribution is -2.43. The number of piperidine rings is 1. The number of nitrogens with two attached hydrogens (primary N) is 1. The zero-order chi connectivity index (χ0) is 17.5. The number of nitrogens with one attached hydrogen (secondary N) is 2. The molecule has 1 aromatic rings. The molecule has 0 radical (unpaired) electrons. The Kier molecular flexibility index (Phi) is 6.31. The smallest absolute Gasteiger partial charge is 0.253 e. The first-order valence-electron chi connectivity index (χ1n) is 8.16. The van der Waals surface area contributed by atoms with Crippen LogP contribution in [-0.2, 0) is 9.59 Å². The maximum absolute atomic E-state index is 12.5. The third kappa shape index (κ3) is 4.55. The molecule has 1 saturated heterocycles. The first kappa shape index (κ1) is 17.9. The van der Waals surface area contributed by atoms with Gasteiger partial charge >= 0.3 is 0 Å². The quantitative estimate of drug-likeness (QED) is 0.733. The molecule has 2 rings (SSSR count). The molecular weight excluding hydrogens is 308 g/mol. The highest BCUT2D eigenvalue weighted by atomic mass is 16.2. The van der Waals surface area contributed by atoms with E-state index in [0.29, 0.717) is 37.4 Å². The monoisotopic (exact) mass is 332 g/mol. The van der Waals surface area contributed by atoms with E-state index in [2.05, 4.69) is 10.6 Å². The van der Waals surface area contributed by atoms with Crippen LogP contribution in [0.5, 0.6) is 0 Å². The first-order chi connectivity index (χ1) is 11.5. The lowest BCUT2D eigenvalue weighted by Gasteiger charge is -2.31. The predicted molar refractivity (Wildman–Crippen MR) is 91.4 cm³/mol. The summed E-state index contributed by atoms with van der Waals surface area (Å²) in [6.45, 7) is 3.35. The van der Waals surface area contributed by atoms with Crippen LogP contribution in [0.25, 0.3) is 0 Å². The number of carbonyl (C=O) groups excluding carboxylic acids is 3. The second kappa shape index (κ2) is 8.44.